The average molecular weight is 491 g/mol. The largest absolute Gasteiger partial charge is 0.385 e. The first-order valence-electron chi connectivity index (χ1n) is 10.8. The van der Waals surface area contributed by atoms with Crippen LogP contribution in [0.1, 0.15) is 17.7 Å². The monoisotopic (exact) mass is 490 g/mol. The van der Waals surface area contributed by atoms with E-state index in [2.05, 4.69) is 10.3 Å². The first kappa shape index (κ1) is 23.7. The number of nitrogens with zero attached hydrogens (tertiary/aromatic N) is 3. The second kappa shape index (κ2) is 9.78. The summed E-state index contributed by atoms with van der Waals surface area (Å²) in [6.45, 7) is 4.94. The standard InChI is InChI=1S/C24H26ClF2N4OP/c1-33(2,32)12-10-28-17-6-3-5-16(13-17)22-14-29-21-7-4-11-31(24(21)30-22)15-18-19(26)8-9-20(27)23(18)25/h3,5-6,8-9,13-14,28H,4,7,10-12,15H2,1-2H3. The summed E-state index contributed by atoms with van der Waals surface area (Å²) in [5.74, 6) is -0.521. The lowest BCUT2D eigenvalue weighted by molar-refractivity contribution is 0.574. The van der Waals surface area contributed by atoms with Gasteiger partial charge in [0.25, 0.3) is 0 Å². The van der Waals surface area contributed by atoms with Crippen molar-refractivity contribution in [2.45, 2.75) is 19.4 Å². The molecule has 1 aliphatic rings. The average Bonchev–Trinajstić information content (AvgIpc) is 2.78. The van der Waals surface area contributed by atoms with Crippen LogP contribution in [0, 0.1) is 11.6 Å². The number of fused-ring (bicyclic) bond motifs is 1. The Labute approximate surface area is 197 Å². The predicted octanol–water partition coefficient (Wildman–Crippen LogP) is 6.06. The third kappa shape index (κ3) is 5.71. The van der Waals surface area contributed by atoms with Crippen molar-refractivity contribution in [2.24, 2.45) is 0 Å². The molecule has 0 unspecified atom stereocenters. The third-order valence-corrected chi connectivity index (χ3v) is 7.30. The summed E-state index contributed by atoms with van der Waals surface area (Å²) in [5.41, 5.74) is 3.42. The Balaban J connectivity index is 1.60. The minimum atomic E-state index is -2.08. The molecule has 0 amide bonds. The summed E-state index contributed by atoms with van der Waals surface area (Å²) in [6.07, 6.45) is 3.97. The van der Waals surface area contributed by atoms with Crippen LogP contribution in [0.2, 0.25) is 5.02 Å². The highest BCUT2D eigenvalue weighted by Crippen LogP contribution is 2.35. The van der Waals surface area contributed by atoms with Crippen molar-refractivity contribution in [3.8, 4) is 11.3 Å². The minimum absolute atomic E-state index is 0.114. The van der Waals surface area contributed by atoms with Gasteiger partial charge in [0.1, 0.15) is 11.6 Å². The lowest BCUT2D eigenvalue weighted by Gasteiger charge is -2.30. The van der Waals surface area contributed by atoms with E-state index in [1.165, 1.54) is 0 Å². The maximum Gasteiger partial charge on any atom is 0.151 e. The zero-order valence-electron chi connectivity index (χ0n) is 18.6. The van der Waals surface area contributed by atoms with E-state index in [-0.39, 0.29) is 17.1 Å². The Morgan fingerprint density at radius 1 is 1.18 bits per heavy atom. The van der Waals surface area contributed by atoms with E-state index in [4.69, 9.17) is 16.6 Å². The highest BCUT2D eigenvalue weighted by Gasteiger charge is 2.23. The van der Waals surface area contributed by atoms with Crippen molar-refractivity contribution in [1.29, 1.82) is 0 Å². The molecule has 1 aliphatic heterocycles. The zero-order chi connectivity index (χ0) is 23.6. The Hall–Kier alpha value is -2.50. The Kier molecular flexibility index (Phi) is 7.01. The van der Waals surface area contributed by atoms with Gasteiger partial charge in [0.05, 0.1) is 29.7 Å². The molecule has 4 rings (SSSR count). The summed E-state index contributed by atoms with van der Waals surface area (Å²) in [4.78, 5) is 11.4. The molecule has 0 bridgehead atoms. The van der Waals surface area contributed by atoms with Gasteiger partial charge in [-0.2, -0.15) is 0 Å². The second-order valence-electron chi connectivity index (χ2n) is 8.68. The fourth-order valence-electron chi connectivity index (χ4n) is 3.83. The molecule has 0 saturated carbocycles. The van der Waals surface area contributed by atoms with Gasteiger partial charge in [-0.25, -0.2) is 13.8 Å². The molecule has 33 heavy (non-hydrogen) atoms. The van der Waals surface area contributed by atoms with Gasteiger partial charge in [-0.3, -0.25) is 4.98 Å². The van der Waals surface area contributed by atoms with Crippen molar-refractivity contribution >= 4 is 30.2 Å². The summed E-state index contributed by atoms with van der Waals surface area (Å²) in [5, 5.41) is 3.11. The van der Waals surface area contributed by atoms with Gasteiger partial charge in [-0.05, 0) is 50.4 Å². The number of nitrogens with one attached hydrogen (secondary N) is 1. The van der Waals surface area contributed by atoms with E-state index in [9.17, 15) is 13.3 Å². The number of rotatable bonds is 7. The molecule has 0 spiro atoms. The van der Waals surface area contributed by atoms with E-state index in [1.54, 1.807) is 19.5 Å². The molecule has 1 N–H and O–H groups in total. The number of benzene rings is 2. The van der Waals surface area contributed by atoms with E-state index >= 15 is 0 Å². The Bertz CT molecular complexity index is 1220. The second-order valence-corrected chi connectivity index (χ2v) is 12.7. The summed E-state index contributed by atoms with van der Waals surface area (Å²) in [6, 6.07) is 9.93. The van der Waals surface area contributed by atoms with Crippen molar-refractivity contribution in [3.63, 3.8) is 0 Å². The maximum absolute atomic E-state index is 14.4. The minimum Gasteiger partial charge on any atom is -0.385 e. The molecule has 9 heteroatoms. The molecule has 2 aromatic carbocycles. The van der Waals surface area contributed by atoms with Crippen LogP contribution in [0.4, 0.5) is 20.3 Å². The van der Waals surface area contributed by atoms with E-state index in [0.29, 0.717) is 30.8 Å². The quantitative estimate of drug-likeness (QED) is 0.322. The van der Waals surface area contributed by atoms with Gasteiger partial charge in [0.15, 0.2) is 5.82 Å². The number of halogens is 3. The Morgan fingerprint density at radius 3 is 2.76 bits per heavy atom. The van der Waals surface area contributed by atoms with Crippen LogP contribution in [0.15, 0.2) is 42.6 Å². The summed E-state index contributed by atoms with van der Waals surface area (Å²) < 4.78 is 40.2. The van der Waals surface area contributed by atoms with Crippen molar-refractivity contribution in [1.82, 2.24) is 9.97 Å². The van der Waals surface area contributed by atoms with Crippen LogP contribution < -0.4 is 10.2 Å². The van der Waals surface area contributed by atoms with Gasteiger partial charge in [0, 0.05) is 42.6 Å². The van der Waals surface area contributed by atoms with Crippen LogP contribution in [-0.4, -0.2) is 42.5 Å². The van der Waals surface area contributed by atoms with Crippen LogP contribution in [0.25, 0.3) is 11.3 Å². The van der Waals surface area contributed by atoms with Gasteiger partial charge in [-0.1, -0.05) is 23.7 Å². The summed E-state index contributed by atoms with van der Waals surface area (Å²) >= 11 is 6.06. The SMILES string of the molecule is CP(C)(=O)CCNc1cccc(-c2cnc3c(n2)N(Cc2c(F)ccc(F)c2Cl)CCC3)c1. The summed E-state index contributed by atoms with van der Waals surface area (Å²) in [7, 11) is -2.08. The van der Waals surface area contributed by atoms with Crippen molar-refractivity contribution in [2.75, 3.05) is 42.8 Å². The van der Waals surface area contributed by atoms with Gasteiger partial charge in [-0.15, -0.1) is 0 Å². The van der Waals surface area contributed by atoms with E-state index in [0.717, 1.165) is 41.9 Å². The molecular formula is C24H26ClF2N4OP. The van der Waals surface area contributed by atoms with Gasteiger partial charge < -0.3 is 14.8 Å². The maximum atomic E-state index is 14.4. The van der Waals surface area contributed by atoms with Gasteiger partial charge in [0.2, 0.25) is 0 Å². The molecular weight excluding hydrogens is 465 g/mol. The lowest BCUT2D eigenvalue weighted by atomic mass is 10.1. The number of hydrogen-bond acceptors (Lipinski definition) is 5. The fourth-order valence-corrected chi connectivity index (χ4v) is 4.70. The first-order chi connectivity index (χ1) is 15.7. The number of anilines is 2. The zero-order valence-corrected chi connectivity index (χ0v) is 20.3. The molecule has 0 radical (unpaired) electrons. The predicted molar refractivity (Wildman–Crippen MR) is 131 cm³/mol. The van der Waals surface area contributed by atoms with Crippen LogP contribution in [-0.2, 0) is 17.5 Å². The van der Waals surface area contributed by atoms with Crippen molar-refractivity contribution in [3.05, 3.63) is 70.5 Å². The molecule has 0 atom stereocenters. The third-order valence-electron chi connectivity index (χ3n) is 5.59. The van der Waals surface area contributed by atoms with Crippen molar-refractivity contribution < 1.29 is 13.3 Å². The highest BCUT2D eigenvalue weighted by atomic mass is 35.5. The molecule has 3 aromatic rings. The van der Waals surface area contributed by atoms with E-state index in [1.807, 2.05) is 29.2 Å². The topological polar surface area (TPSA) is 58.1 Å². The number of aromatic nitrogens is 2. The molecule has 1 aromatic heterocycles. The molecule has 0 saturated heterocycles. The fraction of sp³-hybridized carbons (Fsp3) is 0.333. The molecule has 0 fully saturated rings. The van der Waals surface area contributed by atoms with Crippen LogP contribution in [0.5, 0.6) is 0 Å². The number of hydrogen-bond donors (Lipinski definition) is 1. The number of aryl methyl sites for hydroxylation is 1. The Morgan fingerprint density at radius 2 is 1.97 bits per heavy atom. The van der Waals surface area contributed by atoms with E-state index < -0.39 is 18.8 Å². The molecule has 5 nitrogen and oxygen atoms in total. The molecule has 174 valence electrons. The van der Waals surface area contributed by atoms with Gasteiger partial charge >= 0.3 is 0 Å². The first-order valence-corrected chi connectivity index (χ1v) is 14.0. The smallest absolute Gasteiger partial charge is 0.151 e. The molecule has 2 heterocycles. The van der Waals surface area contributed by atoms with Crippen LogP contribution >= 0.6 is 18.7 Å². The lowest BCUT2D eigenvalue weighted by Crippen LogP contribution is -2.31. The normalized spacial score (nSPS) is 13.7. The highest BCUT2D eigenvalue weighted by molar-refractivity contribution is 7.62. The molecule has 0 aliphatic carbocycles. The van der Waals surface area contributed by atoms with Crippen LogP contribution in [0.3, 0.4) is 0 Å².